The molecule has 0 unspecified atom stereocenters. The molecule has 2 aromatic heterocycles. The van der Waals surface area contributed by atoms with Crippen LogP contribution < -0.4 is 15.0 Å². The van der Waals surface area contributed by atoms with Gasteiger partial charge in [-0.15, -0.1) is 5.10 Å². The molecule has 1 atom stereocenters. The summed E-state index contributed by atoms with van der Waals surface area (Å²) >= 11 is 0. The van der Waals surface area contributed by atoms with Crippen LogP contribution in [0.3, 0.4) is 0 Å². The first-order chi connectivity index (χ1) is 19.7. The van der Waals surface area contributed by atoms with Crippen molar-refractivity contribution in [2.24, 2.45) is 0 Å². The van der Waals surface area contributed by atoms with Gasteiger partial charge in [0.05, 0.1) is 12.1 Å². The Morgan fingerprint density at radius 3 is 2.23 bits per heavy atom. The predicted octanol–water partition coefficient (Wildman–Crippen LogP) is 3.20. The van der Waals surface area contributed by atoms with E-state index in [1.54, 1.807) is 4.68 Å². The number of ether oxygens (including phenoxy) is 2. The third-order valence-corrected chi connectivity index (χ3v) is 7.66. The Balaban J connectivity index is 1.25. The Bertz CT molecular complexity index is 1680. The van der Waals surface area contributed by atoms with Crippen molar-refractivity contribution in [2.75, 3.05) is 33.0 Å². The van der Waals surface area contributed by atoms with Gasteiger partial charge >= 0.3 is 0 Å². The van der Waals surface area contributed by atoms with Gasteiger partial charge in [-0.3, -0.25) is 14.6 Å². The lowest BCUT2D eigenvalue weighted by Gasteiger charge is -2.38. The van der Waals surface area contributed by atoms with Gasteiger partial charge < -0.3 is 14.5 Å². The van der Waals surface area contributed by atoms with Gasteiger partial charge in [-0.25, -0.2) is 4.68 Å². The van der Waals surface area contributed by atoms with Gasteiger partial charge in [0.15, 0.2) is 17.3 Å². The zero-order chi connectivity index (χ0) is 26.9. The molecule has 7 rings (SSSR count). The van der Waals surface area contributed by atoms with Gasteiger partial charge in [0, 0.05) is 49.7 Å². The van der Waals surface area contributed by atoms with Crippen molar-refractivity contribution in [1.29, 1.82) is 0 Å². The standard InChI is InChI=1S/C30H29N7O3/c38-30-24(15-23-16-26-27(40-20-39-26)17-25(23)31-30)28(29-32-33-34-37(29)19-22-9-5-2-6-10-22)36-13-11-35(12-14-36)18-21-7-3-1-4-8-21/h1-10,15-17,28H,11-14,18-20H2,(H,31,38)/t28-/m0/s1. The van der Waals surface area contributed by atoms with E-state index in [0.29, 0.717) is 34.9 Å². The summed E-state index contributed by atoms with van der Waals surface area (Å²) in [4.78, 5) is 21.5. The van der Waals surface area contributed by atoms with Crippen LogP contribution in [-0.2, 0) is 13.1 Å². The maximum atomic E-state index is 13.6. The molecule has 0 radical (unpaired) electrons. The van der Waals surface area contributed by atoms with Gasteiger partial charge in [-0.05, 0) is 33.7 Å². The Morgan fingerprint density at radius 1 is 0.825 bits per heavy atom. The smallest absolute Gasteiger partial charge is 0.253 e. The molecule has 0 spiro atoms. The number of benzene rings is 3. The summed E-state index contributed by atoms with van der Waals surface area (Å²) in [5.74, 6) is 1.95. The lowest BCUT2D eigenvalue weighted by Crippen LogP contribution is -2.48. The van der Waals surface area contributed by atoms with Crippen molar-refractivity contribution in [1.82, 2.24) is 35.0 Å². The summed E-state index contributed by atoms with van der Waals surface area (Å²) in [6.45, 7) is 4.87. The summed E-state index contributed by atoms with van der Waals surface area (Å²) in [5.41, 5.74) is 3.52. The molecule has 40 heavy (non-hydrogen) atoms. The van der Waals surface area contributed by atoms with E-state index < -0.39 is 6.04 Å². The molecule has 1 N–H and O–H groups in total. The molecule has 10 nitrogen and oxygen atoms in total. The van der Waals surface area contributed by atoms with Gasteiger partial charge in [0.2, 0.25) is 6.79 Å². The van der Waals surface area contributed by atoms with Crippen molar-refractivity contribution in [3.05, 3.63) is 112 Å². The first kappa shape index (κ1) is 24.5. The molecule has 3 aromatic carbocycles. The highest BCUT2D eigenvalue weighted by molar-refractivity contribution is 5.83. The van der Waals surface area contributed by atoms with E-state index in [9.17, 15) is 4.79 Å². The number of aromatic nitrogens is 5. The largest absolute Gasteiger partial charge is 0.454 e. The molecule has 202 valence electrons. The van der Waals surface area contributed by atoms with Crippen LogP contribution >= 0.6 is 0 Å². The molecular formula is C30H29N7O3. The van der Waals surface area contributed by atoms with Crippen LogP contribution in [0.1, 0.15) is 28.6 Å². The van der Waals surface area contributed by atoms with Gasteiger partial charge in [-0.2, -0.15) is 0 Å². The highest BCUT2D eigenvalue weighted by Crippen LogP contribution is 2.36. The van der Waals surface area contributed by atoms with Crippen molar-refractivity contribution >= 4 is 10.9 Å². The van der Waals surface area contributed by atoms with Gasteiger partial charge in [0.1, 0.15) is 6.04 Å². The fourth-order valence-electron chi connectivity index (χ4n) is 5.61. The van der Waals surface area contributed by atoms with Crippen molar-refractivity contribution in [2.45, 2.75) is 19.1 Å². The van der Waals surface area contributed by atoms with E-state index in [1.807, 2.05) is 54.6 Å². The first-order valence-corrected chi connectivity index (χ1v) is 13.5. The number of fused-ring (bicyclic) bond motifs is 2. The SMILES string of the molecule is O=c1[nH]c2cc3c(cc2cc1[C@@H](c1nnnn1Cc1ccccc1)N1CCN(Cc2ccccc2)CC1)OCO3. The Hall–Kier alpha value is -4.54. The summed E-state index contributed by atoms with van der Waals surface area (Å²) in [7, 11) is 0. The second kappa shape index (κ2) is 10.6. The van der Waals surface area contributed by atoms with Crippen LogP contribution in [0.15, 0.2) is 83.7 Å². The molecule has 10 heteroatoms. The number of aromatic amines is 1. The minimum Gasteiger partial charge on any atom is -0.454 e. The lowest BCUT2D eigenvalue weighted by atomic mass is 10.0. The predicted molar refractivity (Wildman–Crippen MR) is 149 cm³/mol. The summed E-state index contributed by atoms with van der Waals surface area (Å²) < 4.78 is 12.9. The van der Waals surface area contributed by atoms with Crippen molar-refractivity contribution < 1.29 is 9.47 Å². The monoisotopic (exact) mass is 535 g/mol. The number of nitrogens with one attached hydrogen (secondary N) is 1. The number of hydrogen-bond acceptors (Lipinski definition) is 8. The first-order valence-electron chi connectivity index (χ1n) is 13.5. The molecule has 2 aliphatic heterocycles. The minimum absolute atomic E-state index is 0.169. The Morgan fingerprint density at radius 2 is 1.50 bits per heavy atom. The molecule has 0 aliphatic carbocycles. The number of nitrogens with zero attached hydrogens (tertiary/aromatic N) is 6. The molecule has 0 bridgehead atoms. The van der Waals surface area contributed by atoms with E-state index in [2.05, 4.69) is 54.6 Å². The average molecular weight is 536 g/mol. The molecule has 1 fully saturated rings. The number of tetrazole rings is 1. The molecule has 4 heterocycles. The van der Waals surface area contributed by atoms with Crippen LogP contribution in [0, 0.1) is 0 Å². The molecule has 0 saturated carbocycles. The molecule has 0 amide bonds. The van der Waals surface area contributed by atoms with Crippen LogP contribution in [0.2, 0.25) is 0 Å². The summed E-state index contributed by atoms with van der Waals surface area (Å²) in [5, 5.41) is 13.7. The Kier molecular flexibility index (Phi) is 6.46. The maximum absolute atomic E-state index is 13.6. The lowest BCUT2D eigenvalue weighted by molar-refractivity contribution is 0.0998. The number of pyridine rings is 1. The van der Waals surface area contributed by atoms with E-state index in [-0.39, 0.29) is 12.4 Å². The highest BCUT2D eigenvalue weighted by atomic mass is 16.7. The van der Waals surface area contributed by atoms with Crippen LogP contribution in [-0.4, -0.2) is 68.0 Å². The number of hydrogen-bond donors (Lipinski definition) is 1. The third kappa shape index (κ3) is 4.83. The minimum atomic E-state index is -0.420. The quantitative estimate of drug-likeness (QED) is 0.339. The summed E-state index contributed by atoms with van der Waals surface area (Å²) in [6.07, 6.45) is 0. The van der Waals surface area contributed by atoms with Crippen LogP contribution in [0.5, 0.6) is 11.5 Å². The Labute approximate surface area is 230 Å². The zero-order valence-corrected chi connectivity index (χ0v) is 21.9. The maximum Gasteiger partial charge on any atom is 0.253 e. The second-order valence-electron chi connectivity index (χ2n) is 10.2. The topological polar surface area (TPSA) is 101 Å². The zero-order valence-electron chi connectivity index (χ0n) is 21.9. The van der Waals surface area contributed by atoms with Crippen LogP contribution in [0.25, 0.3) is 10.9 Å². The fraction of sp³-hybridized carbons (Fsp3) is 0.267. The average Bonchev–Trinajstić information content (AvgIpc) is 3.63. The van der Waals surface area contributed by atoms with Gasteiger partial charge in [-0.1, -0.05) is 60.7 Å². The number of rotatable bonds is 7. The van der Waals surface area contributed by atoms with Crippen LogP contribution in [0.4, 0.5) is 0 Å². The molecule has 5 aromatic rings. The van der Waals surface area contributed by atoms with E-state index in [1.165, 1.54) is 5.56 Å². The normalized spacial score (nSPS) is 16.4. The second-order valence-corrected chi connectivity index (χ2v) is 10.2. The molecular weight excluding hydrogens is 506 g/mol. The van der Waals surface area contributed by atoms with E-state index in [0.717, 1.165) is 43.7 Å². The van der Waals surface area contributed by atoms with Gasteiger partial charge in [0.25, 0.3) is 5.56 Å². The molecule has 1 saturated heterocycles. The highest BCUT2D eigenvalue weighted by Gasteiger charge is 2.33. The number of H-pyrrole nitrogens is 1. The molecule has 2 aliphatic rings. The fourth-order valence-corrected chi connectivity index (χ4v) is 5.61. The van der Waals surface area contributed by atoms with E-state index >= 15 is 0 Å². The number of piperazine rings is 1. The van der Waals surface area contributed by atoms with Crippen molar-refractivity contribution in [3.63, 3.8) is 0 Å². The van der Waals surface area contributed by atoms with E-state index in [4.69, 9.17) is 9.47 Å². The van der Waals surface area contributed by atoms with Crippen molar-refractivity contribution in [3.8, 4) is 11.5 Å². The summed E-state index contributed by atoms with van der Waals surface area (Å²) in [6, 6.07) is 25.9. The third-order valence-electron chi connectivity index (χ3n) is 7.66.